The summed E-state index contributed by atoms with van der Waals surface area (Å²) in [6.07, 6.45) is 9.67. The summed E-state index contributed by atoms with van der Waals surface area (Å²) >= 11 is 0. The maximum absolute atomic E-state index is 12.0. The Hall–Kier alpha value is -6.56. The van der Waals surface area contributed by atoms with E-state index in [9.17, 15) is 38.4 Å². The van der Waals surface area contributed by atoms with Crippen LogP contribution in [0.15, 0.2) is 101 Å². The van der Waals surface area contributed by atoms with Crippen molar-refractivity contribution in [3.63, 3.8) is 0 Å². The predicted octanol–water partition coefficient (Wildman–Crippen LogP) is -2.78. The van der Waals surface area contributed by atoms with Gasteiger partial charge in [0.25, 0.3) is 0 Å². The first-order chi connectivity index (χ1) is 34.7. The quantitative estimate of drug-likeness (QED) is 0.0288. The minimum atomic E-state index is -0.298. The zero-order chi connectivity index (χ0) is 53.8. The van der Waals surface area contributed by atoms with Crippen LogP contribution in [0.5, 0.6) is 0 Å². The molecule has 8 N–H and O–H groups in total. The molecule has 0 aliphatic rings. The molecule has 22 heteroatoms. The van der Waals surface area contributed by atoms with Crippen molar-refractivity contribution in [1.82, 2.24) is 71.9 Å². The second kappa shape index (κ2) is 43.2. The highest BCUT2D eigenvalue weighted by molar-refractivity contribution is 5.89. The summed E-state index contributed by atoms with van der Waals surface area (Å²) in [5, 5.41) is 22.6. The highest BCUT2D eigenvalue weighted by atomic mass is 16.2. The number of amides is 8. The summed E-state index contributed by atoms with van der Waals surface area (Å²) in [7, 11) is 0. The minimum Gasteiger partial charge on any atom is -0.351 e. The van der Waals surface area contributed by atoms with Crippen molar-refractivity contribution in [2.75, 3.05) is 170 Å². The number of hydrogen-bond donors (Lipinski definition) is 8. The smallest absolute Gasteiger partial charge is 0.243 e. The molecule has 0 saturated heterocycles. The van der Waals surface area contributed by atoms with Crippen LogP contribution in [0.1, 0.15) is 0 Å². The third kappa shape index (κ3) is 36.4. The van der Waals surface area contributed by atoms with Crippen LogP contribution >= 0.6 is 0 Å². The Kier molecular flexibility index (Phi) is 39.3. The molecule has 0 saturated carbocycles. The number of carbonyl (C=O) groups is 8. The Balaban J connectivity index is 6.94. The van der Waals surface area contributed by atoms with Gasteiger partial charge >= 0.3 is 0 Å². The average Bonchev–Trinajstić information content (AvgIpc) is 3.39. The molecule has 0 spiro atoms. The van der Waals surface area contributed by atoms with Crippen LogP contribution in [0.2, 0.25) is 0 Å². The van der Waals surface area contributed by atoms with E-state index in [2.05, 4.69) is 125 Å². The molecule has 0 unspecified atom stereocenters. The van der Waals surface area contributed by atoms with E-state index in [1.54, 1.807) is 0 Å². The van der Waals surface area contributed by atoms with Crippen molar-refractivity contribution >= 4 is 47.3 Å². The number of rotatable bonds is 47. The van der Waals surface area contributed by atoms with Gasteiger partial charge in [-0.3, -0.25) is 67.8 Å². The summed E-state index contributed by atoms with van der Waals surface area (Å²) in [6.45, 7) is 40.9. The Morgan fingerprint density at radius 1 is 0.208 bits per heavy atom. The van der Waals surface area contributed by atoms with Gasteiger partial charge in [0, 0.05) is 170 Å². The van der Waals surface area contributed by atoms with Crippen molar-refractivity contribution in [3.05, 3.63) is 101 Å². The van der Waals surface area contributed by atoms with Gasteiger partial charge in [0.2, 0.25) is 47.3 Å². The molecule has 0 fully saturated rings. The Bertz CT molecular complexity index is 1410. The molecule has 0 aliphatic carbocycles. The standard InChI is InChI=1S/C50H84N14O8/c1-9-43(65)51-17-25-59(26-18-52-44(66)10-2)33-37-63(38-34-60(27-19-53-45(67)11-3)28-20-54-46(68)12-4)41-42-64(39-35-61(29-21-55-47(69)13-5)30-22-56-48(70)14-6)40-36-62(31-23-57-49(71)15-7)32-24-58-50(72)16-8/h9-16H,1-8,17-42H2,(H,51,65)(H,52,66)(H,53,67)(H,54,68)(H,55,69)(H,56,70)(H,57,71)(H,58,72). The van der Waals surface area contributed by atoms with Gasteiger partial charge in [0.1, 0.15) is 0 Å². The number of nitrogens with one attached hydrogen (secondary N) is 8. The summed E-state index contributed by atoms with van der Waals surface area (Å²) in [5.41, 5.74) is 0. The van der Waals surface area contributed by atoms with Crippen molar-refractivity contribution in [2.45, 2.75) is 0 Å². The SMILES string of the molecule is C=CC(=O)NCCN(CCNC(=O)C=C)CCN(CCN(CCNC(=O)C=C)CCNC(=O)C=C)CCN(CCN(CCNC(=O)C=C)CCNC(=O)C=C)CCN(CCNC(=O)C=C)CCNC(=O)C=C. The van der Waals surface area contributed by atoms with Gasteiger partial charge in [-0.05, 0) is 48.6 Å². The van der Waals surface area contributed by atoms with Gasteiger partial charge in [-0.15, -0.1) is 0 Å². The van der Waals surface area contributed by atoms with Gasteiger partial charge < -0.3 is 42.5 Å². The van der Waals surface area contributed by atoms with Crippen LogP contribution in [-0.2, 0) is 38.4 Å². The molecule has 0 aliphatic heterocycles. The Morgan fingerprint density at radius 3 is 0.403 bits per heavy atom. The molecule has 402 valence electrons. The molecule has 0 aromatic carbocycles. The molecular weight excluding hydrogens is 925 g/mol. The van der Waals surface area contributed by atoms with E-state index in [-0.39, 0.29) is 47.3 Å². The van der Waals surface area contributed by atoms with Crippen LogP contribution in [-0.4, -0.2) is 247 Å². The highest BCUT2D eigenvalue weighted by Gasteiger charge is 2.18. The second-order valence-electron chi connectivity index (χ2n) is 16.0. The van der Waals surface area contributed by atoms with E-state index in [1.165, 1.54) is 48.6 Å². The first kappa shape index (κ1) is 65.4. The highest BCUT2D eigenvalue weighted by Crippen LogP contribution is 2.02. The summed E-state index contributed by atoms with van der Waals surface area (Å²) in [6, 6.07) is 0. The number of hydrogen-bond acceptors (Lipinski definition) is 14. The molecule has 0 radical (unpaired) electrons. The van der Waals surface area contributed by atoms with Crippen molar-refractivity contribution < 1.29 is 38.4 Å². The lowest BCUT2D eigenvalue weighted by atomic mass is 10.3. The molecule has 0 bridgehead atoms. The molecule has 0 aromatic rings. The largest absolute Gasteiger partial charge is 0.351 e. The maximum Gasteiger partial charge on any atom is 0.243 e. The predicted molar refractivity (Wildman–Crippen MR) is 284 cm³/mol. The zero-order valence-electron chi connectivity index (χ0n) is 42.6. The van der Waals surface area contributed by atoms with Gasteiger partial charge in [0.05, 0.1) is 0 Å². The van der Waals surface area contributed by atoms with E-state index in [0.717, 1.165) is 0 Å². The number of carbonyl (C=O) groups excluding carboxylic acids is 8. The lowest BCUT2D eigenvalue weighted by Crippen LogP contribution is -2.49. The Labute approximate surface area is 427 Å². The van der Waals surface area contributed by atoms with E-state index in [0.29, 0.717) is 170 Å². The first-order valence-electron chi connectivity index (χ1n) is 24.2. The Morgan fingerprint density at radius 2 is 0.306 bits per heavy atom. The average molecular weight is 1010 g/mol. The first-order valence-corrected chi connectivity index (χ1v) is 24.2. The van der Waals surface area contributed by atoms with Crippen LogP contribution in [0.3, 0.4) is 0 Å². The van der Waals surface area contributed by atoms with Crippen molar-refractivity contribution in [3.8, 4) is 0 Å². The number of nitrogens with zero attached hydrogens (tertiary/aromatic N) is 6. The van der Waals surface area contributed by atoms with E-state index < -0.39 is 0 Å². The fraction of sp³-hybridized carbons (Fsp3) is 0.520. The van der Waals surface area contributed by atoms with E-state index in [4.69, 9.17) is 0 Å². The molecule has 0 atom stereocenters. The molecule has 72 heavy (non-hydrogen) atoms. The monoisotopic (exact) mass is 1010 g/mol. The normalized spacial score (nSPS) is 10.8. The van der Waals surface area contributed by atoms with Crippen LogP contribution in [0.4, 0.5) is 0 Å². The lowest BCUT2D eigenvalue weighted by molar-refractivity contribution is -0.117. The van der Waals surface area contributed by atoms with Gasteiger partial charge in [-0.2, -0.15) is 0 Å². The molecule has 22 nitrogen and oxygen atoms in total. The lowest BCUT2D eigenvalue weighted by Gasteiger charge is -2.34. The zero-order valence-corrected chi connectivity index (χ0v) is 42.6. The van der Waals surface area contributed by atoms with E-state index >= 15 is 0 Å². The van der Waals surface area contributed by atoms with Gasteiger partial charge in [-0.25, -0.2) is 0 Å². The van der Waals surface area contributed by atoms with Crippen LogP contribution < -0.4 is 42.5 Å². The minimum absolute atomic E-state index is 0.298. The summed E-state index contributed by atoms with van der Waals surface area (Å²) in [5.74, 6) is -2.38. The molecule has 0 aromatic heterocycles. The third-order valence-corrected chi connectivity index (χ3v) is 11.0. The fourth-order valence-electron chi connectivity index (χ4n) is 6.70. The second-order valence-corrected chi connectivity index (χ2v) is 16.0. The van der Waals surface area contributed by atoms with Gasteiger partial charge in [-0.1, -0.05) is 52.6 Å². The molecule has 0 rings (SSSR count). The van der Waals surface area contributed by atoms with Crippen molar-refractivity contribution in [1.29, 1.82) is 0 Å². The van der Waals surface area contributed by atoms with Crippen LogP contribution in [0.25, 0.3) is 0 Å². The summed E-state index contributed by atoms with van der Waals surface area (Å²) in [4.78, 5) is 110. The molecular formula is C50H84N14O8. The molecule has 0 heterocycles. The third-order valence-electron chi connectivity index (χ3n) is 11.0. The van der Waals surface area contributed by atoms with E-state index in [1.807, 2.05) is 0 Å². The fourth-order valence-corrected chi connectivity index (χ4v) is 6.70. The van der Waals surface area contributed by atoms with Crippen molar-refractivity contribution in [2.24, 2.45) is 0 Å². The topological polar surface area (TPSA) is 252 Å². The maximum atomic E-state index is 12.0. The van der Waals surface area contributed by atoms with Gasteiger partial charge in [0.15, 0.2) is 0 Å². The summed E-state index contributed by atoms with van der Waals surface area (Å²) < 4.78 is 0. The van der Waals surface area contributed by atoms with Crippen LogP contribution in [0, 0.1) is 0 Å². The molecule has 8 amide bonds.